The summed E-state index contributed by atoms with van der Waals surface area (Å²) in [5.74, 6) is 0. The van der Waals surface area contributed by atoms with E-state index in [0.29, 0.717) is 0 Å². The topological polar surface area (TPSA) is 26.0 Å². The van der Waals surface area contributed by atoms with Crippen LogP contribution in [0.25, 0.3) is 0 Å². The van der Waals surface area contributed by atoms with Gasteiger partial charge in [-0.05, 0) is 35.4 Å². The van der Waals surface area contributed by atoms with Gasteiger partial charge in [0.25, 0.3) is 0 Å². The summed E-state index contributed by atoms with van der Waals surface area (Å²) in [7, 11) is 0. The van der Waals surface area contributed by atoms with Gasteiger partial charge in [-0.2, -0.15) is 0 Å². The van der Waals surface area contributed by atoms with E-state index in [9.17, 15) is 0 Å². The Balaban J connectivity index is 2.23. The van der Waals surface area contributed by atoms with Gasteiger partial charge >= 0.3 is 0 Å². The van der Waals surface area contributed by atoms with E-state index in [4.69, 9.17) is 17.3 Å². The van der Waals surface area contributed by atoms with Gasteiger partial charge in [-0.1, -0.05) is 49.2 Å². The maximum absolute atomic E-state index is 6.28. The number of thiophene rings is 1. The predicted molar refractivity (Wildman–Crippen MR) is 80.5 cm³/mol. The average molecular weight is 280 g/mol. The summed E-state index contributed by atoms with van der Waals surface area (Å²) in [6.45, 7) is 4.20. The lowest BCUT2D eigenvalue weighted by molar-refractivity contribution is 0.883. The molecule has 0 aliphatic carbocycles. The fraction of sp³-hybridized carbons (Fsp3) is 0.333. The predicted octanol–water partition coefficient (Wildman–Crippen LogP) is 4.71. The molecule has 0 fully saturated rings. The molecule has 2 N–H and O–H groups in total. The summed E-state index contributed by atoms with van der Waals surface area (Å²) in [4.78, 5) is 1.05. The Kier molecular flexibility index (Phi) is 4.44. The minimum Gasteiger partial charge on any atom is -0.320 e. The van der Waals surface area contributed by atoms with Crippen LogP contribution in [0, 0.1) is 6.92 Å². The van der Waals surface area contributed by atoms with Gasteiger partial charge in [-0.3, -0.25) is 0 Å². The highest BCUT2D eigenvalue weighted by Gasteiger charge is 2.15. The van der Waals surface area contributed by atoms with Crippen LogP contribution in [0.15, 0.2) is 29.6 Å². The molecule has 0 amide bonds. The van der Waals surface area contributed by atoms with Crippen LogP contribution in [0.5, 0.6) is 0 Å². The molecule has 1 nitrogen and oxygen atoms in total. The summed E-state index contributed by atoms with van der Waals surface area (Å²) in [5, 5.41) is 2.87. The van der Waals surface area contributed by atoms with Crippen molar-refractivity contribution in [3.8, 4) is 0 Å². The maximum Gasteiger partial charge on any atom is 0.0661 e. The molecule has 3 heteroatoms. The fourth-order valence-corrected chi connectivity index (χ4v) is 3.33. The van der Waals surface area contributed by atoms with Gasteiger partial charge in [-0.15, -0.1) is 11.3 Å². The van der Waals surface area contributed by atoms with Gasteiger partial charge in [-0.25, -0.2) is 0 Å². The highest BCUT2D eigenvalue weighted by atomic mass is 35.5. The minimum absolute atomic E-state index is 0.119. The van der Waals surface area contributed by atoms with E-state index >= 15 is 0 Å². The molecule has 96 valence electrons. The smallest absolute Gasteiger partial charge is 0.0661 e. The van der Waals surface area contributed by atoms with Crippen molar-refractivity contribution in [2.75, 3.05) is 0 Å². The number of hydrogen-bond acceptors (Lipinski definition) is 2. The Morgan fingerprint density at radius 2 is 1.94 bits per heavy atom. The molecule has 0 spiro atoms. The first-order valence-corrected chi connectivity index (χ1v) is 7.47. The van der Waals surface area contributed by atoms with Gasteiger partial charge in [0, 0.05) is 4.88 Å². The van der Waals surface area contributed by atoms with E-state index in [2.05, 4.69) is 36.6 Å². The van der Waals surface area contributed by atoms with Crippen molar-refractivity contribution >= 4 is 22.9 Å². The van der Waals surface area contributed by atoms with Gasteiger partial charge in [0.2, 0.25) is 0 Å². The van der Waals surface area contributed by atoms with Crippen LogP contribution < -0.4 is 5.73 Å². The summed E-state index contributed by atoms with van der Waals surface area (Å²) in [6, 6.07) is 8.43. The lowest BCUT2D eigenvalue weighted by atomic mass is 10.0. The normalized spacial score (nSPS) is 12.7. The minimum atomic E-state index is -0.119. The van der Waals surface area contributed by atoms with Crippen LogP contribution in [0.4, 0.5) is 0 Å². The lowest BCUT2D eigenvalue weighted by Crippen LogP contribution is -2.10. The zero-order chi connectivity index (χ0) is 13.1. The van der Waals surface area contributed by atoms with Gasteiger partial charge in [0.05, 0.1) is 11.1 Å². The Morgan fingerprint density at radius 3 is 2.44 bits per heavy atom. The highest BCUT2D eigenvalue weighted by Crippen LogP contribution is 2.34. The van der Waals surface area contributed by atoms with E-state index in [1.165, 1.54) is 12.0 Å². The molecule has 0 aliphatic rings. The first-order valence-electron chi connectivity index (χ1n) is 6.21. The first-order chi connectivity index (χ1) is 8.63. The second-order valence-electron chi connectivity index (χ2n) is 4.57. The fourth-order valence-electron chi connectivity index (χ4n) is 1.99. The quantitative estimate of drug-likeness (QED) is 0.862. The van der Waals surface area contributed by atoms with Crippen molar-refractivity contribution in [2.45, 2.75) is 32.7 Å². The molecule has 0 saturated heterocycles. The van der Waals surface area contributed by atoms with Crippen molar-refractivity contribution in [2.24, 2.45) is 5.73 Å². The van der Waals surface area contributed by atoms with E-state index in [1.807, 2.05) is 6.92 Å². The number of aryl methyl sites for hydroxylation is 2. The second-order valence-corrected chi connectivity index (χ2v) is 5.86. The molecule has 0 bridgehead atoms. The number of rotatable bonds is 4. The number of halogens is 1. The monoisotopic (exact) mass is 279 g/mol. The Morgan fingerprint density at radius 1 is 1.28 bits per heavy atom. The van der Waals surface area contributed by atoms with Gasteiger partial charge in [0.1, 0.15) is 0 Å². The molecule has 1 atom stereocenters. The Labute approximate surface area is 118 Å². The SMILES string of the molecule is CCCc1ccc(C(N)c2scc(C)c2Cl)cc1. The zero-order valence-corrected chi connectivity index (χ0v) is 12.3. The molecule has 1 aromatic carbocycles. The van der Waals surface area contributed by atoms with Crippen LogP contribution in [-0.4, -0.2) is 0 Å². The Bertz CT molecular complexity index is 516. The number of benzene rings is 1. The second kappa shape index (κ2) is 5.87. The molecular weight excluding hydrogens is 262 g/mol. The number of hydrogen-bond donors (Lipinski definition) is 1. The highest BCUT2D eigenvalue weighted by molar-refractivity contribution is 7.10. The molecule has 18 heavy (non-hydrogen) atoms. The van der Waals surface area contributed by atoms with Crippen LogP contribution in [0.3, 0.4) is 0 Å². The summed E-state index contributed by atoms with van der Waals surface area (Å²) >= 11 is 7.90. The zero-order valence-electron chi connectivity index (χ0n) is 10.7. The third-order valence-corrected chi connectivity index (χ3v) is 4.88. The van der Waals surface area contributed by atoms with E-state index in [-0.39, 0.29) is 6.04 Å². The molecule has 1 heterocycles. The standard InChI is InChI=1S/C15H18ClNS/c1-3-4-11-5-7-12(8-6-11)14(17)15-13(16)10(2)9-18-15/h5-9,14H,3-4,17H2,1-2H3. The molecule has 2 rings (SSSR count). The largest absolute Gasteiger partial charge is 0.320 e. The van der Waals surface area contributed by atoms with Crippen molar-refractivity contribution in [3.05, 3.63) is 56.2 Å². The molecule has 2 aromatic rings. The lowest BCUT2D eigenvalue weighted by Gasteiger charge is -2.12. The molecule has 0 saturated carbocycles. The number of nitrogens with two attached hydrogens (primary N) is 1. The molecule has 0 radical (unpaired) electrons. The summed E-state index contributed by atoms with van der Waals surface area (Å²) in [6.07, 6.45) is 2.29. The van der Waals surface area contributed by atoms with Crippen LogP contribution in [0.1, 0.15) is 41.0 Å². The van der Waals surface area contributed by atoms with Crippen molar-refractivity contribution in [3.63, 3.8) is 0 Å². The van der Waals surface area contributed by atoms with E-state index in [0.717, 1.165) is 27.4 Å². The van der Waals surface area contributed by atoms with Gasteiger partial charge in [0.15, 0.2) is 0 Å². The van der Waals surface area contributed by atoms with Crippen LogP contribution in [-0.2, 0) is 6.42 Å². The molecule has 1 unspecified atom stereocenters. The first kappa shape index (κ1) is 13.6. The molecule has 1 aromatic heterocycles. The third-order valence-electron chi connectivity index (χ3n) is 3.09. The summed E-state index contributed by atoms with van der Waals surface area (Å²) in [5.41, 5.74) is 9.87. The van der Waals surface area contributed by atoms with Crippen LogP contribution >= 0.6 is 22.9 Å². The Hall–Kier alpha value is -0.830. The maximum atomic E-state index is 6.28. The molecule has 0 aliphatic heterocycles. The van der Waals surface area contributed by atoms with Crippen LogP contribution in [0.2, 0.25) is 5.02 Å². The summed E-state index contributed by atoms with van der Waals surface area (Å²) < 4.78 is 0. The van der Waals surface area contributed by atoms with Crippen molar-refractivity contribution < 1.29 is 0 Å². The molecular formula is C15H18ClNS. The van der Waals surface area contributed by atoms with Gasteiger partial charge < -0.3 is 5.73 Å². The average Bonchev–Trinajstić information content (AvgIpc) is 2.71. The third kappa shape index (κ3) is 2.77. The van der Waals surface area contributed by atoms with Crippen molar-refractivity contribution in [1.29, 1.82) is 0 Å². The van der Waals surface area contributed by atoms with E-state index in [1.54, 1.807) is 11.3 Å². The van der Waals surface area contributed by atoms with Crippen molar-refractivity contribution in [1.82, 2.24) is 0 Å². The van der Waals surface area contributed by atoms with E-state index < -0.39 is 0 Å².